The van der Waals surface area contributed by atoms with E-state index >= 15 is 0 Å². The Morgan fingerprint density at radius 2 is 1.97 bits per heavy atom. The number of ether oxygens (including phenoxy) is 2. The van der Waals surface area contributed by atoms with Gasteiger partial charge in [0.05, 0.1) is 13.2 Å². The number of morpholine rings is 1. The highest BCUT2D eigenvalue weighted by molar-refractivity contribution is 7.09. The van der Waals surface area contributed by atoms with Gasteiger partial charge in [-0.1, -0.05) is 0 Å². The van der Waals surface area contributed by atoms with Gasteiger partial charge in [0.1, 0.15) is 16.1 Å². The number of benzene rings is 1. The highest BCUT2D eigenvalue weighted by Crippen LogP contribution is 2.47. The molecule has 0 saturated carbocycles. The van der Waals surface area contributed by atoms with E-state index in [1.165, 1.54) is 5.69 Å². The van der Waals surface area contributed by atoms with Crippen LogP contribution < -0.4 is 9.80 Å². The molecule has 5 heterocycles. The first-order chi connectivity index (χ1) is 15.8. The molecular formula is C23H28N6O2S. The summed E-state index contributed by atoms with van der Waals surface area (Å²) in [5.41, 5.74) is 1.81. The zero-order chi connectivity index (χ0) is 21.4. The summed E-state index contributed by atoms with van der Waals surface area (Å²) in [6, 6.07) is 6.47. The molecular weight excluding hydrogens is 424 g/mol. The van der Waals surface area contributed by atoms with Crippen molar-refractivity contribution < 1.29 is 9.47 Å². The van der Waals surface area contributed by atoms with Crippen LogP contribution in [0.15, 0.2) is 29.8 Å². The molecule has 3 aromatic rings. The van der Waals surface area contributed by atoms with Crippen LogP contribution >= 0.6 is 11.3 Å². The molecule has 9 heteroatoms. The van der Waals surface area contributed by atoms with Crippen LogP contribution in [0.5, 0.6) is 0 Å². The maximum Gasteiger partial charge on any atom is 0.162 e. The Morgan fingerprint density at radius 3 is 2.78 bits per heavy atom. The fourth-order valence-corrected chi connectivity index (χ4v) is 6.42. The van der Waals surface area contributed by atoms with Gasteiger partial charge in [-0.2, -0.15) is 0 Å². The number of thiazole rings is 1. The van der Waals surface area contributed by atoms with E-state index in [9.17, 15) is 0 Å². The molecule has 32 heavy (non-hydrogen) atoms. The fraction of sp³-hybridized carbons (Fsp3) is 0.565. The number of aromatic nitrogens is 4. The lowest BCUT2D eigenvalue weighted by Gasteiger charge is -2.42. The van der Waals surface area contributed by atoms with Crippen LogP contribution in [-0.4, -0.2) is 66.4 Å². The van der Waals surface area contributed by atoms with Gasteiger partial charge in [-0.15, -0.1) is 21.5 Å². The van der Waals surface area contributed by atoms with E-state index in [1.54, 1.807) is 11.3 Å². The highest BCUT2D eigenvalue weighted by Gasteiger charge is 2.47. The van der Waals surface area contributed by atoms with Crippen LogP contribution in [0.3, 0.4) is 0 Å². The van der Waals surface area contributed by atoms with Crippen molar-refractivity contribution in [2.24, 2.45) is 5.92 Å². The van der Waals surface area contributed by atoms with Gasteiger partial charge in [0, 0.05) is 61.4 Å². The predicted octanol–water partition coefficient (Wildman–Crippen LogP) is 3.24. The van der Waals surface area contributed by atoms with Gasteiger partial charge in [-0.3, -0.25) is 0 Å². The van der Waals surface area contributed by atoms with Crippen molar-refractivity contribution >= 4 is 33.7 Å². The van der Waals surface area contributed by atoms with Crippen molar-refractivity contribution in [2.75, 3.05) is 55.8 Å². The average molecular weight is 453 g/mol. The van der Waals surface area contributed by atoms with Gasteiger partial charge in [-0.25, -0.2) is 4.98 Å². The van der Waals surface area contributed by atoms with Gasteiger partial charge in [0.25, 0.3) is 0 Å². The molecule has 3 aliphatic heterocycles. The third-order valence-electron chi connectivity index (χ3n) is 7.12. The number of rotatable bonds is 4. The Hall–Kier alpha value is -2.36. The Labute approximate surface area is 191 Å². The number of hydrogen-bond acceptors (Lipinski definition) is 9. The Bertz CT molecular complexity index is 1070. The van der Waals surface area contributed by atoms with Gasteiger partial charge < -0.3 is 19.3 Å². The zero-order valence-corrected chi connectivity index (χ0v) is 19.0. The van der Waals surface area contributed by atoms with Gasteiger partial charge >= 0.3 is 0 Å². The Kier molecular flexibility index (Phi) is 5.40. The second kappa shape index (κ2) is 8.53. The lowest BCUT2D eigenvalue weighted by atomic mass is 9.80. The molecule has 2 aromatic heterocycles. The summed E-state index contributed by atoms with van der Waals surface area (Å²) in [5.74, 6) is 1.32. The van der Waals surface area contributed by atoms with E-state index in [2.05, 4.69) is 53.8 Å². The van der Waals surface area contributed by atoms with E-state index in [1.807, 2.05) is 6.20 Å². The number of hydrogen-bond donors (Lipinski definition) is 0. The molecule has 0 amide bonds. The molecule has 1 aromatic carbocycles. The second-order valence-electron chi connectivity index (χ2n) is 8.88. The summed E-state index contributed by atoms with van der Waals surface area (Å²) in [6.07, 6.45) is 6.30. The van der Waals surface area contributed by atoms with Crippen molar-refractivity contribution in [3.63, 3.8) is 0 Å². The van der Waals surface area contributed by atoms with Gasteiger partial charge in [0.2, 0.25) is 0 Å². The summed E-state index contributed by atoms with van der Waals surface area (Å²) in [4.78, 5) is 9.40. The maximum absolute atomic E-state index is 6.44. The molecule has 0 radical (unpaired) electrons. The zero-order valence-electron chi connectivity index (χ0n) is 18.2. The molecule has 0 spiro atoms. The van der Waals surface area contributed by atoms with Gasteiger partial charge in [-0.05, 0) is 49.1 Å². The first kappa shape index (κ1) is 20.3. The average Bonchev–Trinajstić information content (AvgIpc) is 3.57. The summed E-state index contributed by atoms with van der Waals surface area (Å²) < 4.78 is 11.9. The molecule has 0 N–H and O–H groups in total. The third kappa shape index (κ3) is 3.52. The fourth-order valence-electron chi connectivity index (χ4n) is 5.52. The number of fused-ring (bicyclic) bond motifs is 1. The van der Waals surface area contributed by atoms with E-state index < -0.39 is 0 Å². The molecule has 168 valence electrons. The minimum Gasteiger partial charge on any atom is -0.378 e. The molecule has 0 bridgehead atoms. The number of piperidine rings is 1. The smallest absolute Gasteiger partial charge is 0.162 e. The minimum atomic E-state index is -0.257. The van der Waals surface area contributed by atoms with Crippen molar-refractivity contribution in [3.8, 4) is 0 Å². The van der Waals surface area contributed by atoms with E-state index in [0.717, 1.165) is 93.4 Å². The standard InChI is InChI=1S/C23H28N6O2S/c1-3-17(23(6-2-11-31-23)22-24-7-14-32-22)16-29(8-1)21-19-5-4-18(15-20(19)25-27-26-21)28-9-12-30-13-10-28/h4-5,7,14-15,17H,1-3,6,8-13,16H2/t17-,23-/m0/s1. The van der Waals surface area contributed by atoms with Crippen LogP contribution in [0.2, 0.25) is 0 Å². The summed E-state index contributed by atoms with van der Waals surface area (Å²) in [7, 11) is 0. The highest BCUT2D eigenvalue weighted by atomic mass is 32.1. The van der Waals surface area contributed by atoms with E-state index in [-0.39, 0.29) is 5.60 Å². The first-order valence-electron chi connectivity index (χ1n) is 11.6. The van der Waals surface area contributed by atoms with E-state index in [0.29, 0.717) is 5.92 Å². The van der Waals surface area contributed by atoms with Crippen LogP contribution in [0, 0.1) is 5.92 Å². The minimum absolute atomic E-state index is 0.257. The van der Waals surface area contributed by atoms with Crippen molar-refractivity contribution in [1.82, 2.24) is 20.4 Å². The molecule has 3 saturated heterocycles. The van der Waals surface area contributed by atoms with Crippen LogP contribution in [-0.2, 0) is 15.1 Å². The first-order valence-corrected chi connectivity index (χ1v) is 12.5. The van der Waals surface area contributed by atoms with Crippen LogP contribution in [0.4, 0.5) is 11.5 Å². The van der Waals surface area contributed by atoms with Crippen molar-refractivity contribution in [1.29, 1.82) is 0 Å². The third-order valence-corrected chi connectivity index (χ3v) is 8.05. The molecule has 3 aliphatic rings. The molecule has 2 atom stereocenters. The molecule has 6 rings (SSSR count). The van der Waals surface area contributed by atoms with Crippen molar-refractivity contribution in [2.45, 2.75) is 31.3 Å². The van der Waals surface area contributed by atoms with Crippen LogP contribution in [0.1, 0.15) is 30.7 Å². The molecule has 0 unspecified atom stereocenters. The predicted molar refractivity (Wildman–Crippen MR) is 124 cm³/mol. The molecule has 3 fully saturated rings. The summed E-state index contributed by atoms with van der Waals surface area (Å²) in [6.45, 7) is 6.04. The lowest BCUT2D eigenvalue weighted by molar-refractivity contribution is -0.0539. The summed E-state index contributed by atoms with van der Waals surface area (Å²) >= 11 is 1.72. The Balaban J connectivity index is 1.30. The Morgan fingerprint density at radius 1 is 1.03 bits per heavy atom. The molecule has 0 aliphatic carbocycles. The van der Waals surface area contributed by atoms with E-state index in [4.69, 9.17) is 9.47 Å². The largest absolute Gasteiger partial charge is 0.378 e. The van der Waals surface area contributed by atoms with Gasteiger partial charge in [0.15, 0.2) is 5.82 Å². The van der Waals surface area contributed by atoms with Crippen molar-refractivity contribution in [3.05, 3.63) is 34.8 Å². The molecule has 8 nitrogen and oxygen atoms in total. The monoisotopic (exact) mass is 452 g/mol. The van der Waals surface area contributed by atoms with Crippen LogP contribution in [0.25, 0.3) is 10.9 Å². The maximum atomic E-state index is 6.44. The second-order valence-corrected chi connectivity index (χ2v) is 9.77. The lowest BCUT2D eigenvalue weighted by Crippen LogP contribution is -2.46. The number of anilines is 2. The number of nitrogens with zero attached hydrogens (tertiary/aromatic N) is 6. The normalized spacial score (nSPS) is 26.7. The topological polar surface area (TPSA) is 76.5 Å². The summed E-state index contributed by atoms with van der Waals surface area (Å²) in [5, 5.41) is 17.3. The quantitative estimate of drug-likeness (QED) is 0.597. The SMILES string of the molecule is c1csc([C@@]2([C@H]3CCCN(c4nnnc5cc(N6CCOCC6)ccc45)C3)CCCO2)n1.